The zero-order valence-corrected chi connectivity index (χ0v) is 12.0. The zero-order valence-electron chi connectivity index (χ0n) is 12.0. The molecule has 21 heavy (non-hydrogen) atoms. The van der Waals surface area contributed by atoms with E-state index in [1.54, 1.807) is 24.3 Å². The van der Waals surface area contributed by atoms with Crippen LogP contribution in [0.3, 0.4) is 0 Å². The number of aryl methyl sites for hydroxylation is 1. The smallest absolute Gasteiger partial charge is 0.237 e. The molecule has 0 aliphatic heterocycles. The average Bonchev–Trinajstić information content (AvgIpc) is 2.48. The van der Waals surface area contributed by atoms with Crippen LogP contribution in [0.15, 0.2) is 48.5 Å². The van der Waals surface area contributed by atoms with Crippen LogP contribution < -0.4 is 11.1 Å². The van der Waals surface area contributed by atoms with Gasteiger partial charge < -0.3 is 16.2 Å². The summed E-state index contributed by atoms with van der Waals surface area (Å²) in [6.07, 6.45) is 0.444. The van der Waals surface area contributed by atoms with Crippen LogP contribution in [0.4, 0.5) is 0 Å². The minimum Gasteiger partial charge on any atom is -0.508 e. The first-order valence-corrected chi connectivity index (χ1v) is 6.91. The van der Waals surface area contributed by atoms with Crippen LogP contribution in [-0.2, 0) is 17.8 Å². The van der Waals surface area contributed by atoms with Gasteiger partial charge in [-0.25, -0.2) is 0 Å². The van der Waals surface area contributed by atoms with E-state index in [2.05, 4.69) is 5.32 Å². The highest BCUT2D eigenvalue weighted by Crippen LogP contribution is 2.11. The molecule has 0 unspecified atom stereocenters. The second-order valence-corrected chi connectivity index (χ2v) is 5.18. The van der Waals surface area contributed by atoms with Crippen molar-refractivity contribution in [3.8, 4) is 5.75 Å². The summed E-state index contributed by atoms with van der Waals surface area (Å²) in [5, 5.41) is 12.1. The summed E-state index contributed by atoms with van der Waals surface area (Å²) in [6, 6.07) is 14.1. The van der Waals surface area contributed by atoms with Gasteiger partial charge in [-0.3, -0.25) is 4.79 Å². The molecule has 2 rings (SSSR count). The first-order chi connectivity index (χ1) is 10.0. The molecule has 0 saturated carbocycles. The van der Waals surface area contributed by atoms with E-state index in [0.29, 0.717) is 13.0 Å². The number of benzene rings is 2. The molecule has 0 fully saturated rings. The maximum atomic E-state index is 12.0. The molecule has 0 radical (unpaired) electrons. The lowest BCUT2D eigenvalue weighted by molar-refractivity contribution is -0.122. The molecule has 1 amide bonds. The molecule has 0 aliphatic rings. The molecule has 110 valence electrons. The Kier molecular flexibility index (Phi) is 4.95. The lowest BCUT2D eigenvalue weighted by atomic mass is 10.1. The molecule has 4 heteroatoms. The van der Waals surface area contributed by atoms with Crippen LogP contribution >= 0.6 is 0 Å². The van der Waals surface area contributed by atoms with Gasteiger partial charge in [0.05, 0.1) is 6.04 Å². The van der Waals surface area contributed by atoms with Crippen LogP contribution in [0, 0.1) is 6.92 Å². The van der Waals surface area contributed by atoms with Gasteiger partial charge in [-0.2, -0.15) is 0 Å². The summed E-state index contributed by atoms with van der Waals surface area (Å²) in [5.74, 6) is 0.0276. The van der Waals surface area contributed by atoms with E-state index in [9.17, 15) is 9.90 Å². The van der Waals surface area contributed by atoms with Gasteiger partial charge in [0.1, 0.15) is 5.75 Å². The molecule has 0 heterocycles. The van der Waals surface area contributed by atoms with Gasteiger partial charge in [0.15, 0.2) is 0 Å². The molecule has 4 N–H and O–H groups in total. The highest BCUT2D eigenvalue weighted by Gasteiger charge is 2.13. The number of amides is 1. The number of carbonyl (C=O) groups is 1. The fourth-order valence-corrected chi connectivity index (χ4v) is 2.00. The summed E-state index contributed by atoms with van der Waals surface area (Å²) in [6.45, 7) is 2.50. The number of hydrogen-bond acceptors (Lipinski definition) is 3. The number of hydrogen-bond donors (Lipinski definition) is 3. The van der Waals surface area contributed by atoms with Gasteiger partial charge in [0.25, 0.3) is 0 Å². The average molecular weight is 284 g/mol. The third-order valence-corrected chi connectivity index (χ3v) is 3.32. The SMILES string of the molecule is Cc1ccc(CNC(=O)[C@@H](N)Cc2ccc(O)cc2)cc1. The van der Waals surface area contributed by atoms with Crippen LogP contribution in [0.1, 0.15) is 16.7 Å². The molecule has 1 atom stereocenters. The van der Waals surface area contributed by atoms with Crippen LogP contribution in [0.5, 0.6) is 5.75 Å². The normalized spacial score (nSPS) is 11.9. The lowest BCUT2D eigenvalue weighted by Gasteiger charge is -2.12. The molecular formula is C17H20N2O2. The second kappa shape index (κ2) is 6.90. The Morgan fingerprint density at radius 1 is 1.10 bits per heavy atom. The van der Waals surface area contributed by atoms with Crippen molar-refractivity contribution in [2.75, 3.05) is 0 Å². The lowest BCUT2D eigenvalue weighted by Crippen LogP contribution is -2.41. The Hall–Kier alpha value is -2.33. The highest BCUT2D eigenvalue weighted by molar-refractivity contribution is 5.81. The number of phenols is 1. The Bertz CT molecular complexity index is 591. The number of aromatic hydroxyl groups is 1. The molecule has 0 aliphatic carbocycles. The zero-order chi connectivity index (χ0) is 15.2. The van der Waals surface area contributed by atoms with E-state index in [0.717, 1.165) is 11.1 Å². The predicted molar refractivity (Wildman–Crippen MR) is 82.8 cm³/mol. The molecule has 0 aromatic heterocycles. The second-order valence-electron chi connectivity index (χ2n) is 5.18. The van der Waals surface area contributed by atoms with Crippen molar-refractivity contribution >= 4 is 5.91 Å². The summed E-state index contributed by atoms with van der Waals surface area (Å²) in [4.78, 5) is 12.0. The van der Waals surface area contributed by atoms with Crippen molar-refractivity contribution in [3.63, 3.8) is 0 Å². The van der Waals surface area contributed by atoms with Crippen LogP contribution in [-0.4, -0.2) is 17.1 Å². The molecular weight excluding hydrogens is 264 g/mol. The molecule has 0 bridgehead atoms. The first-order valence-electron chi connectivity index (χ1n) is 6.91. The molecule has 0 saturated heterocycles. The summed E-state index contributed by atoms with van der Waals surface area (Å²) >= 11 is 0. The molecule has 2 aromatic carbocycles. The van der Waals surface area contributed by atoms with Crippen molar-refractivity contribution in [3.05, 3.63) is 65.2 Å². The van der Waals surface area contributed by atoms with Gasteiger partial charge >= 0.3 is 0 Å². The van der Waals surface area contributed by atoms with E-state index in [1.165, 1.54) is 5.56 Å². The Morgan fingerprint density at radius 3 is 2.29 bits per heavy atom. The number of nitrogens with two attached hydrogens (primary N) is 1. The Morgan fingerprint density at radius 2 is 1.67 bits per heavy atom. The van der Waals surface area contributed by atoms with E-state index in [4.69, 9.17) is 5.73 Å². The van der Waals surface area contributed by atoms with Gasteiger partial charge in [-0.1, -0.05) is 42.0 Å². The maximum absolute atomic E-state index is 12.0. The third-order valence-electron chi connectivity index (χ3n) is 3.32. The fraction of sp³-hybridized carbons (Fsp3) is 0.235. The topological polar surface area (TPSA) is 75.4 Å². The van der Waals surface area contributed by atoms with Gasteiger partial charge in [-0.15, -0.1) is 0 Å². The summed E-state index contributed by atoms with van der Waals surface area (Å²) in [5.41, 5.74) is 9.06. The predicted octanol–water partition coefficient (Wildman–Crippen LogP) is 1.89. The number of phenolic OH excluding ortho intramolecular Hbond substituents is 1. The Labute approximate surface area is 124 Å². The highest BCUT2D eigenvalue weighted by atomic mass is 16.3. The number of nitrogens with one attached hydrogen (secondary N) is 1. The third kappa shape index (κ3) is 4.61. The van der Waals surface area contributed by atoms with Crippen LogP contribution in [0.2, 0.25) is 0 Å². The molecule has 0 spiro atoms. The monoisotopic (exact) mass is 284 g/mol. The minimum atomic E-state index is -0.597. The van der Waals surface area contributed by atoms with E-state index in [1.807, 2.05) is 31.2 Å². The minimum absolute atomic E-state index is 0.177. The largest absolute Gasteiger partial charge is 0.508 e. The van der Waals surface area contributed by atoms with Gasteiger partial charge in [0.2, 0.25) is 5.91 Å². The molecule has 4 nitrogen and oxygen atoms in total. The summed E-state index contributed by atoms with van der Waals surface area (Å²) < 4.78 is 0. The van der Waals surface area contributed by atoms with Crippen molar-refractivity contribution < 1.29 is 9.90 Å². The van der Waals surface area contributed by atoms with E-state index < -0.39 is 6.04 Å². The quantitative estimate of drug-likeness (QED) is 0.785. The van der Waals surface area contributed by atoms with E-state index in [-0.39, 0.29) is 11.7 Å². The Balaban J connectivity index is 1.84. The van der Waals surface area contributed by atoms with Crippen LogP contribution in [0.25, 0.3) is 0 Å². The first kappa shape index (κ1) is 15.1. The van der Waals surface area contributed by atoms with E-state index >= 15 is 0 Å². The van der Waals surface area contributed by atoms with Crippen molar-refractivity contribution in [2.24, 2.45) is 5.73 Å². The van der Waals surface area contributed by atoms with Gasteiger partial charge in [0, 0.05) is 6.54 Å². The van der Waals surface area contributed by atoms with Crippen molar-refractivity contribution in [1.29, 1.82) is 0 Å². The molecule has 2 aromatic rings. The number of rotatable bonds is 5. The van der Waals surface area contributed by atoms with Gasteiger partial charge in [-0.05, 0) is 36.6 Å². The summed E-state index contributed by atoms with van der Waals surface area (Å²) in [7, 11) is 0. The van der Waals surface area contributed by atoms with Crippen molar-refractivity contribution in [2.45, 2.75) is 25.9 Å². The standard InChI is InChI=1S/C17H20N2O2/c1-12-2-4-14(5-3-12)11-19-17(21)16(18)10-13-6-8-15(20)9-7-13/h2-9,16,20H,10-11,18H2,1H3,(H,19,21)/t16-/m0/s1. The fourth-order valence-electron chi connectivity index (χ4n) is 2.00. The number of carbonyl (C=O) groups excluding carboxylic acids is 1. The maximum Gasteiger partial charge on any atom is 0.237 e. The van der Waals surface area contributed by atoms with Crippen molar-refractivity contribution in [1.82, 2.24) is 5.32 Å².